The molecule has 66 valence electrons. The van der Waals surface area contributed by atoms with Gasteiger partial charge in [0, 0.05) is 6.61 Å². The zero-order valence-corrected chi connectivity index (χ0v) is 8.18. The van der Waals surface area contributed by atoms with Crippen LogP contribution in [0.15, 0.2) is 0 Å². The smallest absolute Gasteiger partial charge is 0.0623 e. The summed E-state index contributed by atoms with van der Waals surface area (Å²) < 4.78 is 5.75. The number of rotatable bonds is 0. The summed E-state index contributed by atoms with van der Waals surface area (Å²) in [6, 6.07) is 0. The normalized spacial score (nSPS) is 33.8. The van der Waals surface area contributed by atoms with Crippen molar-refractivity contribution >= 4 is 0 Å². The first-order valence-corrected chi connectivity index (χ1v) is 4.62. The molecule has 1 heterocycles. The molecule has 0 aromatic heterocycles. The quantitative estimate of drug-likeness (QED) is 0.524. The summed E-state index contributed by atoms with van der Waals surface area (Å²) in [5.41, 5.74) is 0.333. The van der Waals surface area contributed by atoms with Crippen LogP contribution in [0.3, 0.4) is 0 Å². The van der Waals surface area contributed by atoms with Gasteiger partial charge in [0.15, 0.2) is 0 Å². The number of hydrogen-bond donors (Lipinski definition) is 0. The molecule has 1 saturated heterocycles. The third kappa shape index (κ3) is 2.48. The van der Waals surface area contributed by atoms with Gasteiger partial charge in [-0.3, -0.25) is 0 Å². The van der Waals surface area contributed by atoms with Crippen LogP contribution in [0, 0.1) is 11.3 Å². The number of hydrogen-bond acceptors (Lipinski definition) is 1. The van der Waals surface area contributed by atoms with E-state index in [1.807, 2.05) is 0 Å². The predicted octanol–water partition coefficient (Wildman–Crippen LogP) is 2.85. The maximum absolute atomic E-state index is 5.75. The summed E-state index contributed by atoms with van der Waals surface area (Å²) in [7, 11) is 0. The molecule has 0 aliphatic carbocycles. The first-order chi connectivity index (χ1) is 5.00. The Labute approximate surface area is 70.1 Å². The summed E-state index contributed by atoms with van der Waals surface area (Å²) in [6.45, 7) is 10.00. The van der Waals surface area contributed by atoms with Crippen molar-refractivity contribution in [2.24, 2.45) is 11.3 Å². The molecule has 1 aliphatic heterocycles. The summed E-state index contributed by atoms with van der Waals surface area (Å²) in [5, 5.41) is 0. The van der Waals surface area contributed by atoms with E-state index in [2.05, 4.69) is 27.7 Å². The van der Waals surface area contributed by atoms with Crippen molar-refractivity contribution in [2.45, 2.75) is 46.6 Å². The van der Waals surface area contributed by atoms with E-state index in [0.29, 0.717) is 11.5 Å². The monoisotopic (exact) mass is 156 g/mol. The summed E-state index contributed by atoms with van der Waals surface area (Å²) in [6.07, 6.45) is 3.06. The molecule has 0 aromatic rings. The average Bonchev–Trinajstić information content (AvgIpc) is 1.86. The molecular weight excluding hydrogens is 136 g/mol. The van der Waals surface area contributed by atoms with E-state index in [-0.39, 0.29) is 0 Å². The van der Waals surface area contributed by atoms with Crippen molar-refractivity contribution in [3.8, 4) is 0 Å². The highest BCUT2D eigenvalue weighted by atomic mass is 16.5. The molecule has 0 radical (unpaired) electrons. The van der Waals surface area contributed by atoms with E-state index >= 15 is 0 Å². The Balaban J connectivity index is 2.39. The Morgan fingerprint density at radius 1 is 1.18 bits per heavy atom. The first kappa shape index (κ1) is 9.05. The van der Waals surface area contributed by atoms with Crippen LogP contribution in [0.1, 0.15) is 40.5 Å². The largest absolute Gasteiger partial charge is 0.377 e. The highest BCUT2D eigenvalue weighted by Crippen LogP contribution is 2.30. The van der Waals surface area contributed by atoms with Crippen LogP contribution in [0.5, 0.6) is 0 Å². The van der Waals surface area contributed by atoms with Crippen molar-refractivity contribution in [1.29, 1.82) is 0 Å². The number of ether oxygens (including phenoxy) is 1. The minimum Gasteiger partial charge on any atom is -0.377 e. The molecule has 0 unspecified atom stereocenters. The van der Waals surface area contributed by atoms with Gasteiger partial charge in [-0.15, -0.1) is 0 Å². The average molecular weight is 156 g/mol. The van der Waals surface area contributed by atoms with Gasteiger partial charge in [0.1, 0.15) is 0 Å². The lowest BCUT2D eigenvalue weighted by Gasteiger charge is -2.35. The standard InChI is InChI=1S/C10H20O/c1-8-5-6-9(11-7-8)10(2,3)4/h8-9H,5-7H2,1-4H3/t8-,9+/m1/s1. The lowest BCUT2D eigenvalue weighted by atomic mass is 9.83. The Morgan fingerprint density at radius 3 is 2.18 bits per heavy atom. The minimum absolute atomic E-state index is 0.333. The Hall–Kier alpha value is -0.0400. The first-order valence-electron chi connectivity index (χ1n) is 4.62. The molecule has 0 aromatic carbocycles. The fraction of sp³-hybridized carbons (Fsp3) is 1.00. The third-order valence-corrected chi connectivity index (χ3v) is 2.47. The van der Waals surface area contributed by atoms with Gasteiger partial charge < -0.3 is 4.74 Å². The van der Waals surface area contributed by atoms with E-state index in [1.54, 1.807) is 0 Å². The zero-order chi connectivity index (χ0) is 8.48. The van der Waals surface area contributed by atoms with Crippen molar-refractivity contribution in [2.75, 3.05) is 6.61 Å². The lowest BCUT2D eigenvalue weighted by molar-refractivity contribution is -0.0670. The summed E-state index contributed by atoms with van der Waals surface area (Å²) in [4.78, 5) is 0. The Kier molecular flexibility index (Phi) is 2.58. The van der Waals surface area contributed by atoms with Crippen LogP contribution in [-0.2, 0) is 4.74 Å². The highest BCUT2D eigenvalue weighted by Gasteiger charge is 2.28. The van der Waals surface area contributed by atoms with Crippen LogP contribution in [0.25, 0.3) is 0 Å². The molecule has 1 heteroatoms. The maximum Gasteiger partial charge on any atom is 0.0623 e. The van der Waals surface area contributed by atoms with Crippen LogP contribution < -0.4 is 0 Å². The topological polar surface area (TPSA) is 9.23 Å². The molecule has 2 atom stereocenters. The third-order valence-electron chi connectivity index (χ3n) is 2.47. The second-order valence-corrected chi connectivity index (χ2v) is 4.87. The van der Waals surface area contributed by atoms with Crippen molar-refractivity contribution in [1.82, 2.24) is 0 Å². The molecule has 0 spiro atoms. The molecule has 0 bridgehead atoms. The molecule has 1 rings (SSSR count). The maximum atomic E-state index is 5.75. The molecule has 1 nitrogen and oxygen atoms in total. The van der Waals surface area contributed by atoms with Gasteiger partial charge >= 0.3 is 0 Å². The van der Waals surface area contributed by atoms with Crippen LogP contribution in [0.2, 0.25) is 0 Å². The lowest BCUT2D eigenvalue weighted by Crippen LogP contribution is -2.34. The fourth-order valence-corrected chi connectivity index (χ4v) is 1.57. The molecule has 0 N–H and O–H groups in total. The Morgan fingerprint density at radius 2 is 1.82 bits per heavy atom. The van der Waals surface area contributed by atoms with Gasteiger partial charge in [-0.1, -0.05) is 27.7 Å². The van der Waals surface area contributed by atoms with Gasteiger partial charge in [0.05, 0.1) is 6.10 Å². The molecule has 11 heavy (non-hydrogen) atoms. The molecule has 1 fully saturated rings. The van der Waals surface area contributed by atoms with Crippen LogP contribution in [0.4, 0.5) is 0 Å². The van der Waals surface area contributed by atoms with E-state index in [9.17, 15) is 0 Å². The minimum atomic E-state index is 0.333. The van der Waals surface area contributed by atoms with Gasteiger partial charge in [-0.2, -0.15) is 0 Å². The molecule has 1 aliphatic rings. The molecule has 0 amide bonds. The van der Waals surface area contributed by atoms with Gasteiger partial charge in [0.2, 0.25) is 0 Å². The van der Waals surface area contributed by atoms with Gasteiger partial charge in [-0.25, -0.2) is 0 Å². The molecule has 0 saturated carbocycles. The predicted molar refractivity (Wildman–Crippen MR) is 47.6 cm³/mol. The van der Waals surface area contributed by atoms with Crippen molar-refractivity contribution in [3.05, 3.63) is 0 Å². The molecular formula is C10H20O. The second kappa shape index (κ2) is 3.14. The summed E-state index contributed by atoms with van der Waals surface area (Å²) in [5.74, 6) is 0.772. The van der Waals surface area contributed by atoms with E-state index in [0.717, 1.165) is 12.5 Å². The highest BCUT2D eigenvalue weighted by molar-refractivity contribution is 4.78. The van der Waals surface area contributed by atoms with Crippen molar-refractivity contribution in [3.63, 3.8) is 0 Å². The van der Waals surface area contributed by atoms with E-state index in [4.69, 9.17) is 4.74 Å². The van der Waals surface area contributed by atoms with Crippen LogP contribution >= 0.6 is 0 Å². The van der Waals surface area contributed by atoms with Crippen molar-refractivity contribution < 1.29 is 4.74 Å². The SMILES string of the molecule is C[C@@H]1CC[C@@H](C(C)(C)C)OC1. The Bertz CT molecular complexity index is 115. The van der Waals surface area contributed by atoms with E-state index in [1.165, 1.54) is 12.8 Å². The van der Waals surface area contributed by atoms with Gasteiger partial charge in [-0.05, 0) is 24.2 Å². The van der Waals surface area contributed by atoms with Crippen LogP contribution in [-0.4, -0.2) is 12.7 Å². The second-order valence-electron chi connectivity index (χ2n) is 4.87. The fourth-order valence-electron chi connectivity index (χ4n) is 1.57. The van der Waals surface area contributed by atoms with Gasteiger partial charge in [0.25, 0.3) is 0 Å². The summed E-state index contributed by atoms with van der Waals surface area (Å²) >= 11 is 0. The van der Waals surface area contributed by atoms with E-state index < -0.39 is 0 Å². The zero-order valence-electron chi connectivity index (χ0n) is 8.18.